The first-order valence-corrected chi connectivity index (χ1v) is 8.85. The van der Waals surface area contributed by atoms with E-state index in [-0.39, 0.29) is 11.6 Å². The van der Waals surface area contributed by atoms with E-state index in [1.165, 1.54) is 6.33 Å². The minimum Gasteiger partial charge on any atom is -0.495 e. The number of benzene rings is 2. The molecule has 0 aliphatic rings. The molecular weight excluding hydrogens is 372 g/mol. The van der Waals surface area contributed by atoms with Crippen molar-refractivity contribution in [2.75, 3.05) is 32.0 Å². The Bertz CT molecular complexity index is 994. The lowest BCUT2D eigenvalue weighted by Gasteiger charge is -2.11. The van der Waals surface area contributed by atoms with Gasteiger partial charge >= 0.3 is 0 Å². The van der Waals surface area contributed by atoms with Gasteiger partial charge in [0.05, 0.1) is 27.0 Å². The number of hydrogen-bond donors (Lipinski definition) is 2. The zero-order chi connectivity index (χ0) is 20.6. The van der Waals surface area contributed by atoms with Crippen LogP contribution in [0.4, 0.5) is 11.5 Å². The van der Waals surface area contributed by atoms with Crippen molar-refractivity contribution < 1.29 is 19.0 Å². The summed E-state index contributed by atoms with van der Waals surface area (Å²) < 4.78 is 15.8. The lowest BCUT2D eigenvalue weighted by atomic mass is 10.2. The molecule has 1 amide bonds. The molecule has 3 rings (SSSR count). The number of para-hydroxylation sites is 2. The lowest BCUT2D eigenvalue weighted by Crippen LogP contribution is -2.15. The van der Waals surface area contributed by atoms with Gasteiger partial charge in [0.2, 0.25) is 0 Å². The van der Waals surface area contributed by atoms with Gasteiger partial charge in [0, 0.05) is 12.6 Å². The first kappa shape index (κ1) is 19.9. The Balaban J connectivity index is 1.68. The maximum Gasteiger partial charge on any atom is 0.274 e. The molecule has 0 bridgehead atoms. The van der Waals surface area contributed by atoms with Gasteiger partial charge in [-0.25, -0.2) is 9.97 Å². The van der Waals surface area contributed by atoms with Gasteiger partial charge in [0.25, 0.3) is 5.91 Å². The Hall–Kier alpha value is -3.81. The molecule has 0 aliphatic heterocycles. The van der Waals surface area contributed by atoms with Crippen LogP contribution in [-0.4, -0.2) is 37.2 Å². The molecule has 29 heavy (non-hydrogen) atoms. The van der Waals surface area contributed by atoms with Crippen LogP contribution in [0.3, 0.4) is 0 Å². The van der Waals surface area contributed by atoms with E-state index in [4.69, 9.17) is 14.2 Å². The summed E-state index contributed by atoms with van der Waals surface area (Å²) in [7, 11) is 4.73. The van der Waals surface area contributed by atoms with Crippen LogP contribution in [-0.2, 0) is 6.54 Å². The quantitative estimate of drug-likeness (QED) is 0.605. The van der Waals surface area contributed by atoms with Crippen LogP contribution in [0.25, 0.3) is 0 Å². The Labute approximate surface area is 168 Å². The molecule has 0 saturated carbocycles. The van der Waals surface area contributed by atoms with E-state index in [1.807, 2.05) is 30.3 Å². The van der Waals surface area contributed by atoms with Gasteiger partial charge in [-0.2, -0.15) is 0 Å². The second-order valence-corrected chi connectivity index (χ2v) is 5.99. The van der Waals surface area contributed by atoms with E-state index in [0.717, 1.165) is 5.56 Å². The number of nitrogens with one attached hydrogen (secondary N) is 2. The average molecular weight is 394 g/mol. The molecule has 1 heterocycles. The molecule has 0 spiro atoms. The fourth-order valence-electron chi connectivity index (χ4n) is 2.70. The van der Waals surface area contributed by atoms with E-state index in [2.05, 4.69) is 20.6 Å². The molecule has 0 fully saturated rings. The van der Waals surface area contributed by atoms with Crippen LogP contribution in [0.2, 0.25) is 0 Å². The fourth-order valence-corrected chi connectivity index (χ4v) is 2.70. The number of amides is 1. The van der Waals surface area contributed by atoms with Crippen molar-refractivity contribution in [2.24, 2.45) is 0 Å². The topological polar surface area (TPSA) is 94.6 Å². The van der Waals surface area contributed by atoms with Crippen LogP contribution in [0.1, 0.15) is 16.1 Å². The molecule has 1 aromatic heterocycles. The molecule has 0 aliphatic carbocycles. The number of nitrogens with zero attached hydrogens (tertiary/aromatic N) is 2. The molecule has 2 aromatic carbocycles. The number of ether oxygens (including phenoxy) is 3. The number of anilines is 2. The number of hydrogen-bond acceptors (Lipinski definition) is 7. The summed E-state index contributed by atoms with van der Waals surface area (Å²) in [6.45, 7) is 0.491. The van der Waals surface area contributed by atoms with Crippen molar-refractivity contribution in [1.82, 2.24) is 9.97 Å². The summed E-state index contributed by atoms with van der Waals surface area (Å²) in [6, 6.07) is 14.4. The normalized spacial score (nSPS) is 10.2. The van der Waals surface area contributed by atoms with Crippen LogP contribution >= 0.6 is 0 Å². The molecule has 2 N–H and O–H groups in total. The fraction of sp³-hybridized carbons (Fsp3) is 0.190. The van der Waals surface area contributed by atoms with Crippen LogP contribution in [0, 0.1) is 0 Å². The van der Waals surface area contributed by atoms with Crippen molar-refractivity contribution in [1.29, 1.82) is 0 Å². The average Bonchev–Trinajstić information content (AvgIpc) is 2.78. The molecule has 8 heteroatoms. The van der Waals surface area contributed by atoms with Gasteiger partial charge in [-0.1, -0.05) is 18.2 Å². The molecule has 0 unspecified atom stereocenters. The summed E-state index contributed by atoms with van der Waals surface area (Å²) >= 11 is 0. The van der Waals surface area contributed by atoms with E-state index >= 15 is 0 Å². The van der Waals surface area contributed by atoms with E-state index in [0.29, 0.717) is 35.3 Å². The number of carbonyl (C=O) groups excluding carboxylic acids is 1. The van der Waals surface area contributed by atoms with Crippen molar-refractivity contribution in [3.63, 3.8) is 0 Å². The molecular formula is C21H22N4O4. The van der Waals surface area contributed by atoms with Gasteiger partial charge < -0.3 is 24.8 Å². The minimum atomic E-state index is -0.355. The molecule has 0 saturated heterocycles. The monoisotopic (exact) mass is 394 g/mol. The zero-order valence-electron chi connectivity index (χ0n) is 16.4. The van der Waals surface area contributed by atoms with Crippen LogP contribution in [0.5, 0.6) is 17.2 Å². The third-order valence-electron chi connectivity index (χ3n) is 4.18. The van der Waals surface area contributed by atoms with Crippen molar-refractivity contribution in [3.05, 3.63) is 66.1 Å². The minimum absolute atomic E-state index is 0.237. The maximum absolute atomic E-state index is 12.5. The first-order chi connectivity index (χ1) is 14.1. The number of rotatable bonds is 8. The Morgan fingerprint density at radius 3 is 2.41 bits per heavy atom. The summed E-state index contributed by atoms with van der Waals surface area (Å²) in [5.41, 5.74) is 1.78. The van der Waals surface area contributed by atoms with Crippen molar-refractivity contribution in [3.8, 4) is 17.2 Å². The SMILES string of the molecule is COc1ccccc1NC(=O)c1cc(NCc2ccc(OC)c(OC)c2)ncn1. The number of aromatic nitrogens is 2. The second kappa shape index (κ2) is 9.41. The third kappa shape index (κ3) is 4.92. The highest BCUT2D eigenvalue weighted by atomic mass is 16.5. The summed E-state index contributed by atoms with van der Waals surface area (Å²) in [5, 5.41) is 5.97. The van der Waals surface area contributed by atoms with Gasteiger partial charge in [-0.3, -0.25) is 4.79 Å². The standard InChI is InChI=1S/C21H22N4O4/c1-27-17-7-5-4-6-15(17)25-21(26)16-11-20(24-13-23-16)22-12-14-8-9-18(28-2)19(10-14)29-3/h4-11,13H,12H2,1-3H3,(H,25,26)(H,22,23,24). The van der Waals surface area contributed by atoms with Gasteiger partial charge in [0.15, 0.2) is 11.5 Å². The second-order valence-electron chi connectivity index (χ2n) is 5.99. The first-order valence-electron chi connectivity index (χ1n) is 8.85. The van der Waals surface area contributed by atoms with Gasteiger partial charge in [-0.15, -0.1) is 0 Å². The Morgan fingerprint density at radius 1 is 0.897 bits per heavy atom. The molecule has 0 radical (unpaired) electrons. The summed E-state index contributed by atoms with van der Waals surface area (Å²) in [6.07, 6.45) is 1.34. The largest absolute Gasteiger partial charge is 0.495 e. The Morgan fingerprint density at radius 2 is 1.66 bits per heavy atom. The van der Waals surface area contributed by atoms with E-state index in [9.17, 15) is 4.79 Å². The Kier molecular flexibility index (Phi) is 6.47. The van der Waals surface area contributed by atoms with Crippen LogP contribution < -0.4 is 24.8 Å². The third-order valence-corrected chi connectivity index (χ3v) is 4.18. The number of methoxy groups -OCH3 is 3. The van der Waals surface area contributed by atoms with Crippen molar-refractivity contribution in [2.45, 2.75) is 6.54 Å². The van der Waals surface area contributed by atoms with Crippen LogP contribution in [0.15, 0.2) is 54.9 Å². The highest BCUT2D eigenvalue weighted by molar-refractivity contribution is 6.04. The molecule has 0 atom stereocenters. The van der Waals surface area contributed by atoms with E-state index < -0.39 is 0 Å². The highest BCUT2D eigenvalue weighted by Gasteiger charge is 2.12. The summed E-state index contributed by atoms with van der Waals surface area (Å²) in [5.74, 6) is 2.05. The van der Waals surface area contributed by atoms with Crippen molar-refractivity contribution >= 4 is 17.4 Å². The van der Waals surface area contributed by atoms with Gasteiger partial charge in [-0.05, 0) is 29.8 Å². The molecule has 8 nitrogen and oxygen atoms in total. The predicted octanol–water partition coefficient (Wildman–Crippen LogP) is 3.37. The predicted molar refractivity (Wildman–Crippen MR) is 110 cm³/mol. The lowest BCUT2D eigenvalue weighted by molar-refractivity contribution is 0.102. The summed E-state index contributed by atoms with van der Waals surface area (Å²) in [4.78, 5) is 20.8. The highest BCUT2D eigenvalue weighted by Crippen LogP contribution is 2.28. The maximum atomic E-state index is 12.5. The molecule has 150 valence electrons. The number of carbonyl (C=O) groups is 1. The molecule has 3 aromatic rings. The smallest absolute Gasteiger partial charge is 0.274 e. The zero-order valence-corrected chi connectivity index (χ0v) is 16.4. The van der Waals surface area contributed by atoms with Gasteiger partial charge in [0.1, 0.15) is 23.6 Å². The van der Waals surface area contributed by atoms with E-state index in [1.54, 1.807) is 39.5 Å².